The molecule has 0 fully saturated rings. The summed E-state index contributed by atoms with van der Waals surface area (Å²) in [5.74, 6) is -0.467. The van der Waals surface area contributed by atoms with Crippen molar-refractivity contribution < 1.29 is 14.3 Å². The van der Waals surface area contributed by atoms with Gasteiger partial charge in [-0.2, -0.15) is 0 Å². The molecule has 0 radical (unpaired) electrons. The molecular weight excluding hydrogens is 156 g/mol. The molecule has 3 heteroatoms. The van der Waals surface area contributed by atoms with E-state index in [4.69, 9.17) is 9.47 Å². The van der Waals surface area contributed by atoms with Gasteiger partial charge in [-0.25, -0.2) is 4.79 Å². The predicted molar refractivity (Wildman–Crippen MR) is 46.5 cm³/mol. The summed E-state index contributed by atoms with van der Waals surface area (Å²) in [4.78, 5) is 10.7. The molecule has 0 aliphatic carbocycles. The van der Waals surface area contributed by atoms with E-state index >= 15 is 0 Å². The van der Waals surface area contributed by atoms with Crippen molar-refractivity contribution >= 4 is 5.97 Å². The van der Waals surface area contributed by atoms with Gasteiger partial charge in [-0.05, 0) is 0 Å². The summed E-state index contributed by atoms with van der Waals surface area (Å²) in [7, 11) is 0. The summed E-state index contributed by atoms with van der Waals surface area (Å²) < 4.78 is 9.93. The zero-order valence-electron chi connectivity index (χ0n) is 7.29. The first-order valence-corrected chi connectivity index (χ1v) is 3.80. The first-order chi connectivity index (χ1) is 5.74. The van der Waals surface area contributed by atoms with Gasteiger partial charge in [0.15, 0.2) is 0 Å². The average Bonchev–Trinajstić information content (AvgIpc) is 2.11. The standard InChI is InChI=1S/C9H14O3/c1-4-7-11-9(6-3)12-8(10)5-2/h4-5,9H,1-2,6-7H2,3H3. The normalized spacial score (nSPS) is 11.8. The fraction of sp³-hybridized carbons (Fsp3) is 0.444. The van der Waals surface area contributed by atoms with E-state index < -0.39 is 12.3 Å². The highest BCUT2D eigenvalue weighted by Crippen LogP contribution is 2.00. The zero-order chi connectivity index (χ0) is 9.40. The van der Waals surface area contributed by atoms with E-state index in [-0.39, 0.29) is 0 Å². The summed E-state index contributed by atoms with van der Waals surface area (Å²) in [5.41, 5.74) is 0. The number of carbonyl (C=O) groups is 1. The molecule has 12 heavy (non-hydrogen) atoms. The maximum Gasteiger partial charge on any atom is 0.332 e. The second-order valence-corrected chi connectivity index (χ2v) is 2.10. The molecule has 3 nitrogen and oxygen atoms in total. The van der Waals surface area contributed by atoms with Gasteiger partial charge in [0.05, 0.1) is 6.61 Å². The highest BCUT2D eigenvalue weighted by atomic mass is 16.7. The van der Waals surface area contributed by atoms with Crippen LogP contribution in [0.3, 0.4) is 0 Å². The molecular formula is C9H14O3. The molecule has 1 unspecified atom stereocenters. The Labute approximate surface area is 72.7 Å². The van der Waals surface area contributed by atoms with Crippen molar-refractivity contribution in [2.24, 2.45) is 0 Å². The van der Waals surface area contributed by atoms with Crippen LogP contribution in [0.25, 0.3) is 0 Å². The Bertz CT molecular complexity index is 163. The molecule has 1 atom stereocenters. The van der Waals surface area contributed by atoms with Crippen LogP contribution >= 0.6 is 0 Å². The maximum atomic E-state index is 10.7. The third-order valence-corrected chi connectivity index (χ3v) is 1.15. The Morgan fingerprint density at radius 2 is 2.25 bits per heavy atom. The number of hydrogen-bond acceptors (Lipinski definition) is 3. The molecule has 0 N–H and O–H groups in total. The highest BCUT2D eigenvalue weighted by molar-refractivity contribution is 5.81. The second-order valence-electron chi connectivity index (χ2n) is 2.10. The molecule has 0 heterocycles. The van der Waals surface area contributed by atoms with E-state index in [0.29, 0.717) is 13.0 Å². The van der Waals surface area contributed by atoms with E-state index in [1.807, 2.05) is 6.92 Å². The number of hydrogen-bond donors (Lipinski definition) is 0. The van der Waals surface area contributed by atoms with E-state index in [1.54, 1.807) is 6.08 Å². The fourth-order valence-corrected chi connectivity index (χ4v) is 0.588. The first-order valence-electron chi connectivity index (χ1n) is 3.80. The maximum absolute atomic E-state index is 10.7. The third kappa shape index (κ3) is 4.68. The monoisotopic (exact) mass is 170 g/mol. The minimum atomic E-state index is -0.492. The zero-order valence-corrected chi connectivity index (χ0v) is 7.29. The van der Waals surface area contributed by atoms with Gasteiger partial charge in [-0.15, -0.1) is 6.58 Å². The van der Waals surface area contributed by atoms with E-state index in [2.05, 4.69) is 13.2 Å². The van der Waals surface area contributed by atoms with Crippen molar-refractivity contribution in [3.8, 4) is 0 Å². The molecule has 0 bridgehead atoms. The van der Waals surface area contributed by atoms with E-state index in [0.717, 1.165) is 6.08 Å². The van der Waals surface area contributed by atoms with Crippen molar-refractivity contribution in [3.05, 3.63) is 25.3 Å². The smallest absolute Gasteiger partial charge is 0.332 e. The molecule has 0 rings (SSSR count). The van der Waals surface area contributed by atoms with Gasteiger partial charge in [0.2, 0.25) is 6.29 Å². The summed E-state index contributed by atoms with van der Waals surface area (Å²) in [6, 6.07) is 0. The minimum Gasteiger partial charge on any atom is -0.433 e. The summed E-state index contributed by atoms with van der Waals surface area (Å²) >= 11 is 0. The Balaban J connectivity index is 3.73. The third-order valence-electron chi connectivity index (χ3n) is 1.15. The van der Waals surface area contributed by atoms with Crippen LogP contribution in [-0.4, -0.2) is 18.9 Å². The molecule has 0 saturated heterocycles. The molecule has 0 aliphatic rings. The van der Waals surface area contributed by atoms with Crippen molar-refractivity contribution in [1.29, 1.82) is 0 Å². The van der Waals surface area contributed by atoms with E-state index in [1.165, 1.54) is 0 Å². The van der Waals surface area contributed by atoms with Crippen molar-refractivity contribution in [2.45, 2.75) is 19.6 Å². The van der Waals surface area contributed by atoms with Crippen molar-refractivity contribution in [3.63, 3.8) is 0 Å². The van der Waals surface area contributed by atoms with Gasteiger partial charge in [0.1, 0.15) is 0 Å². The number of carbonyl (C=O) groups excluding carboxylic acids is 1. The van der Waals surface area contributed by atoms with Gasteiger partial charge in [-0.3, -0.25) is 0 Å². The molecule has 0 amide bonds. The van der Waals surface area contributed by atoms with Crippen molar-refractivity contribution in [1.82, 2.24) is 0 Å². The molecule has 0 aromatic heterocycles. The number of ether oxygens (including phenoxy) is 2. The van der Waals surface area contributed by atoms with Gasteiger partial charge in [0, 0.05) is 12.5 Å². The largest absolute Gasteiger partial charge is 0.433 e. The molecule has 0 saturated carbocycles. The van der Waals surface area contributed by atoms with Crippen LogP contribution in [0.1, 0.15) is 13.3 Å². The van der Waals surface area contributed by atoms with Gasteiger partial charge >= 0.3 is 5.97 Å². The van der Waals surface area contributed by atoms with Crippen LogP contribution in [0.15, 0.2) is 25.3 Å². The predicted octanol–water partition coefficient (Wildman–Crippen LogP) is 1.65. The van der Waals surface area contributed by atoms with Gasteiger partial charge in [-0.1, -0.05) is 19.6 Å². The van der Waals surface area contributed by atoms with Crippen LogP contribution in [-0.2, 0) is 14.3 Å². The SMILES string of the molecule is C=CCOC(CC)OC(=O)C=C. The van der Waals surface area contributed by atoms with Gasteiger partial charge in [0.25, 0.3) is 0 Å². The topological polar surface area (TPSA) is 35.5 Å². The Morgan fingerprint density at radius 3 is 2.67 bits per heavy atom. The molecule has 0 aromatic carbocycles. The highest BCUT2D eigenvalue weighted by Gasteiger charge is 2.08. The lowest BCUT2D eigenvalue weighted by molar-refractivity contribution is -0.171. The fourth-order valence-electron chi connectivity index (χ4n) is 0.588. The van der Waals surface area contributed by atoms with E-state index in [9.17, 15) is 4.79 Å². The number of rotatable bonds is 6. The van der Waals surface area contributed by atoms with Crippen molar-refractivity contribution in [2.75, 3.05) is 6.61 Å². The minimum absolute atomic E-state index is 0.378. The quantitative estimate of drug-likeness (QED) is 0.263. The Kier molecular flexibility index (Phi) is 6.01. The van der Waals surface area contributed by atoms with Gasteiger partial charge < -0.3 is 9.47 Å². The number of esters is 1. The summed E-state index contributed by atoms with van der Waals surface area (Å²) in [6.07, 6.45) is 2.84. The lowest BCUT2D eigenvalue weighted by Crippen LogP contribution is -2.19. The average molecular weight is 170 g/mol. The Hall–Kier alpha value is -1.09. The lowest BCUT2D eigenvalue weighted by atomic mass is 10.4. The first kappa shape index (κ1) is 10.9. The molecule has 68 valence electrons. The van der Waals surface area contributed by atoms with Crippen LogP contribution < -0.4 is 0 Å². The summed E-state index contributed by atoms with van der Waals surface area (Å²) in [6.45, 7) is 9.00. The lowest BCUT2D eigenvalue weighted by Gasteiger charge is -2.14. The van der Waals surface area contributed by atoms with Crippen LogP contribution in [0.2, 0.25) is 0 Å². The molecule has 0 aromatic rings. The van der Waals surface area contributed by atoms with Crippen LogP contribution in [0, 0.1) is 0 Å². The molecule has 0 aliphatic heterocycles. The van der Waals surface area contributed by atoms with Crippen LogP contribution in [0.4, 0.5) is 0 Å². The van der Waals surface area contributed by atoms with Crippen LogP contribution in [0.5, 0.6) is 0 Å². The summed E-state index contributed by atoms with van der Waals surface area (Å²) in [5, 5.41) is 0. The molecule has 0 spiro atoms. The Morgan fingerprint density at radius 1 is 1.58 bits per heavy atom. The second kappa shape index (κ2) is 6.61.